The van der Waals surface area contributed by atoms with Gasteiger partial charge in [0.2, 0.25) is 0 Å². The topological polar surface area (TPSA) is 151 Å². The van der Waals surface area contributed by atoms with E-state index in [9.17, 15) is 23.2 Å². The third kappa shape index (κ3) is 4.83. The van der Waals surface area contributed by atoms with Crippen LogP contribution in [0.2, 0.25) is 0 Å². The molecule has 0 spiro atoms. The van der Waals surface area contributed by atoms with Gasteiger partial charge in [-0.3, -0.25) is 9.84 Å². The van der Waals surface area contributed by atoms with E-state index >= 15 is 4.39 Å². The maximum atomic E-state index is 15.2. The number of nitrogens with one attached hydrogen (secondary N) is 3. The minimum absolute atomic E-state index is 0.0468. The first-order valence-electron chi connectivity index (χ1n) is 12.2. The second kappa shape index (κ2) is 9.35. The molecule has 0 radical (unpaired) electrons. The van der Waals surface area contributed by atoms with E-state index in [4.69, 9.17) is 9.47 Å². The van der Waals surface area contributed by atoms with Crippen LogP contribution in [0, 0.1) is 17.2 Å². The van der Waals surface area contributed by atoms with Gasteiger partial charge in [-0.15, -0.1) is 13.2 Å². The van der Waals surface area contributed by atoms with Crippen LogP contribution in [0.15, 0.2) is 18.3 Å². The van der Waals surface area contributed by atoms with E-state index in [-0.39, 0.29) is 46.4 Å². The molecule has 1 saturated heterocycles. The number of nitrogens with zero attached hydrogens (tertiary/aromatic N) is 5. The number of alkyl carbamates (subject to hydrolysis) is 1. The van der Waals surface area contributed by atoms with Crippen LogP contribution < -0.4 is 10.6 Å². The Morgan fingerprint density at radius 3 is 2.79 bits per heavy atom. The number of nitriles is 1. The van der Waals surface area contributed by atoms with Crippen LogP contribution in [-0.4, -0.2) is 61.7 Å². The minimum Gasteiger partial charge on any atom is -0.441 e. The standard InChI is InChI=1S/C23H22F4N8O4/c24-18-16(39-21(36)31-22-3-1-11(22)2-4-22)10-37-19(18)14-6-17(33-32-14)30-20-15-5-12(9-38-23(25,26)27)34-35(15)8-13(7-28)29-20/h5-6,8,11,16,18-19H,1-4,9-10H2,(H,31,36)(H2,29,30,32,33)/t11?,16-,18-,19-,22?/m1/s1. The average molecular weight is 550 g/mol. The quantitative estimate of drug-likeness (QED) is 0.375. The Bertz CT molecular complexity index is 1440. The highest BCUT2D eigenvalue weighted by Crippen LogP contribution is 2.53. The van der Waals surface area contributed by atoms with Crippen molar-refractivity contribution in [1.29, 1.82) is 5.26 Å². The number of amides is 1. The number of hydrogen-bond acceptors (Lipinski definition) is 9. The highest BCUT2D eigenvalue weighted by Gasteiger charge is 2.55. The molecule has 3 aliphatic rings. The summed E-state index contributed by atoms with van der Waals surface area (Å²) in [7, 11) is 0. The molecule has 3 aromatic rings. The molecular weight excluding hydrogens is 528 g/mol. The summed E-state index contributed by atoms with van der Waals surface area (Å²) in [5.41, 5.74) is 0.195. The van der Waals surface area contributed by atoms with Gasteiger partial charge in [-0.2, -0.15) is 15.5 Å². The number of H-pyrrole nitrogens is 1. The van der Waals surface area contributed by atoms with E-state index in [1.165, 1.54) is 22.8 Å². The summed E-state index contributed by atoms with van der Waals surface area (Å²) in [5, 5.41) is 25.8. The maximum absolute atomic E-state index is 15.2. The van der Waals surface area contributed by atoms with Crippen molar-refractivity contribution in [3.05, 3.63) is 35.4 Å². The zero-order chi connectivity index (χ0) is 27.4. The van der Waals surface area contributed by atoms with Gasteiger partial charge < -0.3 is 20.1 Å². The number of aromatic nitrogens is 5. The largest absolute Gasteiger partial charge is 0.522 e. The second-order valence-electron chi connectivity index (χ2n) is 9.82. The monoisotopic (exact) mass is 550 g/mol. The zero-order valence-corrected chi connectivity index (χ0v) is 20.2. The molecule has 2 aliphatic carbocycles. The molecule has 206 valence electrons. The highest BCUT2D eigenvalue weighted by molar-refractivity contribution is 5.73. The Labute approximate surface area is 217 Å². The van der Waals surface area contributed by atoms with Crippen LogP contribution in [0.3, 0.4) is 0 Å². The number of hydrogen-bond donors (Lipinski definition) is 3. The molecule has 39 heavy (non-hydrogen) atoms. The minimum atomic E-state index is -4.83. The van der Waals surface area contributed by atoms with Crippen molar-refractivity contribution in [3.63, 3.8) is 0 Å². The number of alkyl halides is 4. The number of rotatable bonds is 7. The third-order valence-electron chi connectivity index (χ3n) is 7.51. The predicted octanol–water partition coefficient (Wildman–Crippen LogP) is 3.55. The van der Waals surface area contributed by atoms with Crippen LogP contribution in [0.4, 0.5) is 34.0 Å². The van der Waals surface area contributed by atoms with Gasteiger partial charge in [0.05, 0.1) is 24.2 Å². The van der Waals surface area contributed by atoms with Gasteiger partial charge in [0.1, 0.15) is 24.3 Å². The lowest BCUT2D eigenvalue weighted by atomic mass is 9.53. The van der Waals surface area contributed by atoms with Crippen molar-refractivity contribution >= 4 is 23.2 Å². The molecule has 3 fully saturated rings. The van der Waals surface area contributed by atoms with E-state index in [1.807, 2.05) is 6.07 Å². The molecule has 3 N–H and O–H groups in total. The normalized spacial score (nSPS) is 27.8. The first-order valence-corrected chi connectivity index (χ1v) is 12.2. The molecule has 0 aromatic carbocycles. The van der Waals surface area contributed by atoms with E-state index in [0.29, 0.717) is 5.92 Å². The molecule has 12 nitrogen and oxygen atoms in total. The van der Waals surface area contributed by atoms with E-state index in [1.54, 1.807) is 0 Å². The molecule has 3 atom stereocenters. The first kappa shape index (κ1) is 25.3. The van der Waals surface area contributed by atoms with Gasteiger partial charge in [-0.05, 0) is 37.7 Å². The summed E-state index contributed by atoms with van der Waals surface area (Å²) in [6.45, 7) is -0.971. The van der Waals surface area contributed by atoms with Crippen LogP contribution >= 0.6 is 0 Å². The van der Waals surface area contributed by atoms with Gasteiger partial charge in [0.25, 0.3) is 0 Å². The van der Waals surface area contributed by atoms with E-state index in [2.05, 4.69) is 35.7 Å². The Kier molecular flexibility index (Phi) is 6.07. The summed E-state index contributed by atoms with van der Waals surface area (Å²) < 4.78 is 68.3. The molecule has 0 bridgehead atoms. The SMILES string of the molecule is N#Cc1cn2nc(COC(F)(F)F)cc2c(Nc2cc([C@H]3OC[C@@H](OC(=O)NC45CCC4CC5)[C@H]3F)[nH]n2)n1. The Hall–Kier alpha value is -3.97. The fourth-order valence-corrected chi connectivity index (χ4v) is 5.28. The molecule has 0 unspecified atom stereocenters. The summed E-state index contributed by atoms with van der Waals surface area (Å²) in [6, 6.07) is 4.61. The van der Waals surface area contributed by atoms with Crippen molar-refractivity contribution in [2.75, 3.05) is 11.9 Å². The Morgan fingerprint density at radius 2 is 2.13 bits per heavy atom. The molecular formula is C23H22F4N8O4. The number of fused-ring (bicyclic) bond motifs is 2. The lowest BCUT2D eigenvalue weighted by Gasteiger charge is -2.58. The van der Waals surface area contributed by atoms with Crippen molar-refractivity contribution < 1.29 is 36.6 Å². The Balaban J connectivity index is 1.13. The molecule has 6 rings (SSSR count). The van der Waals surface area contributed by atoms with E-state index < -0.39 is 37.4 Å². The van der Waals surface area contributed by atoms with Crippen LogP contribution in [0.5, 0.6) is 0 Å². The van der Waals surface area contributed by atoms with Gasteiger partial charge in [-0.1, -0.05) is 0 Å². The smallest absolute Gasteiger partial charge is 0.441 e. The fourth-order valence-electron chi connectivity index (χ4n) is 5.28. The van der Waals surface area contributed by atoms with Crippen LogP contribution in [0.1, 0.15) is 48.9 Å². The number of carbonyl (C=O) groups excluding carboxylic acids is 1. The van der Waals surface area contributed by atoms with Crippen LogP contribution in [-0.2, 0) is 20.8 Å². The summed E-state index contributed by atoms with van der Waals surface area (Å²) >= 11 is 0. The lowest BCUT2D eigenvalue weighted by molar-refractivity contribution is -0.330. The van der Waals surface area contributed by atoms with Gasteiger partial charge in [-0.25, -0.2) is 18.7 Å². The Morgan fingerprint density at radius 1 is 1.33 bits per heavy atom. The summed E-state index contributed by atoms with van der Waals surface area (Å²) in [6.07, 6.45) is -4.11. The maximum Gasteiger partial charge on any atom is 0.522 e. The number of aromatic amines is 1. The lowest BCUT2D eigenvalue weighted by Crippen LogP contribution is -2.66. The summed E-state index contributed by atoms with van der Waals surface area (Å²) in [5.74, 6) is 0.716. The third-order valence-corrected chi connectivity index (χ3v) is 7.51. The average Bonchev–Trinajstić information content (AvgIpc) is 3.60. The molecule has 2 saturated carbocycles. The van der Waals surface area contributed by atoms with Crippen molar-refractivity contribution in [3.8, 4) is 6.07 Å². The van der Waals surface area contributed by atoms with Crippen molar-refractivity contribution in [2.24, 2.45) is 5.92 Å². The van der Waals surface area contributed by atoms with Crippen molar-refractivity contribution in [1.82, 2.24) is 30.1 Å². The zero-order valence-electron chi connectivity index (χ0n) is 20.2. The van der Waals surface area contributed by atoms with Gasteiger partial charge in [0, 0.05) is 11.6 Å². The van der Waals surface area contributed by atoms with Crippen LogP contribution in [0.25, 0.3) is 5.52 Å². The molecule has 1 aliphatic heterocycles. The number of anilines is 2. The van der Waals surface area contributed by atoms with E-state index in [0.717, 1.165) is 25.7 Å². The second-order valence-corrected chi connectivity index (χ2v) is 9.82. The molecule has 16 heteroatoms. The highest BCUT2D eigenvalue weighted by atomic mass is 19.4. The first-order chi connectivity index (χ1) is 18.6. The summed E-state index contributed by atoms with van der Waals surface area (Å²) in [4.78, 5) is 16.5. The number of carbonyl (C=O) groups is 1. The molecule has 1 amide bonds. The molecule has 4 heterocycles. The molecule has 3 aromatic heterocycles. The number of ether oxygens (including phenoxy) is 3. The number of halogens is 4. The predicted molar refractivity (Wildman–Crippen MR) is 122 cm³/mol. The van der Waals surface area contributed by atoms with Gasteiger partial charge in [0.15, 0.2) is 29.6 Å². The van der Waals surface area contributed by atoms with Gasteiger partial charge >= 0.3 is 12.5 Å². The van der Waals surface area contributed by atoms with Crippen molar-refractivity contribution in [2.45, 2.75) is 62.6 Å². The fraction of sp³-hybridized carbons (Fsp3) is 0.522.